The molecule has 5 nitrogen and oxygen atoms in total. The molecule has 5 rings (SSSR count). The van der Waals surface area contributed by atoms with Crippen molar-refractivity contribution in [2.75, 3.05) is 18.0 Å². The van der Waals surface area contributed by atoms with E-state index in [4.69, 9.17) is 4.42 Å². The lowest BCUT2D eigenvalue weighted by Crippen LogP contribution is -2.45. The van der Waals surface area contributed by atoms with Crippen molar-refractivity contribution in [2.45, 2.75) is 31.1 Å². The normalized spacial score (nSPS) is 24.3. The zero-order valence-corrected chi connectivity index (χ0v) is 12.4. The first-order chi connectivity index (χ1) is 10.8. The zero-order valence-electron chi connectivity index (χ0n) is 12.4. The average molecular weight is 294 g/mol. The summed E-state index contributed by atoms with van der Waals surface area (Å²) < 4.78 is 5.97. The molecule has 3 aromatic rings. The van der Waals surface area contributed by atoms with Crippen LogP contribution in [0.15, 0.2) is 34.9 Å². The van der Waals surface area contributed by atoms with Crippen molar-refractivity contribution in [1.29, 1.82) is 0 Å². The van der Waals surface area contributed by atoms with Gasteiger partial charge < -0.3 is 9.32 Å². The third-order valence-electron chi connectivity index (χ3n) is 5.25. The van der Waals surface area contributed by atoms with Crippen molar-refractivity contribution in [2.24, 2.45) is 0 Å². The maximum atomic E-state index is 5.97. The molecule has 0 radical (unpaired) electrons. The van der Waals surface area contributed by atoms with Crippen LogP contribution in [-0.4, -0.2) is 28.3 Å². The molecule has 1 atom stereocenters. The molecule has 1 spiro atoms. The van der Waals surface area contributed by atoms with Crippen molar-refractivity contribution >= 4 is 17.1 Å². The highest BCUT2D eigenvalue weighted by atomic mass is 16.4. The number of rotatable bonds is 1. The van der Waals surface area contributed by atoms with E-state index < -0.39 is 0 Å². The predicted octanol–water partition coefficient (Wildman–Crippen LogP) is 3.04. The molecule has 0 amide bonds. The van der Waals surface area contributed by atoms with Crippen LogP contribution < -0.4 is 4.90 Å². The highest BCUT2D eigenvalue weighted by molar-refractivity contribution is 5.74. The summed E-state index contributed by atoms with van der Waals surface area (Å²) in [6.07, 6.45) is 6.71. The van der Waals surface area contributed by atoms with Crippen molar-refractivity contribution in [3.05, 3.63) is 41.7 Å². The molecule has 1 aliphatic heterocycles. The topological polar surface area (TPSA) is 58.0 Å². The Kier molecular flexibility index (Phi) is 2.42. The van der Waals surface area contributed by atoms with E-state index in [1.165, 1.54) is 24.1 Å². The minimum atomic E-state index is 0.199. The molecule has 0 bridgehead atoms. The van der Waals surface area contributed by atoms with Gasteiger partial charge in [0.1, 0.15) is 5.52 Å². The maximum absolute atomic E-state index is 5.97. The van der Waals surface area contributed by atoms with Gasteiger partial charge in [0, 0.05) is 24.2 Å². The number of aromatic nitrogens is 3. The van der Waals surface area contributed by atoms with Crippen LogP contribution >= 0.6 is 0 Å². The number of nitrogens with one attached hydrogen (secondary N) is 1. The van der Waals surface area contributed by atoms with Crippen LogP contribution in [0, 0.1) is 0 Å². The van der Waals surface area contributed by atoms with Gasteiger partial charge in [0.2, 0.25) is 0 Å². The van der Waals surface area contributed by atoms with Crippen LogP contribution in [0.5, 0.6) is 0 Å². The summed E-state index contributed by atoms with van der Waals surface area (Å²) in [5.41, 5.74) is 4.73. The number of para-hydroxylation sites is 2. The molecule has 2 aromatic heterocycles. The standard InChI is InChI=1S/C17H18N4O/c1-2-5-14-13(4-1)19-16(22-14)21-9-3-7-17(11-21)8-6-12-10-18-20-15(12)17/h1-2,4-5,10H,3,6-9,11H2,(H,18,20). The minimum absolute atomic E-state index is 0.199. The Bertz CT molecular complexity index is 803. The SMILES string of the molecule is c1ccc2oc(N3CCCC4(CCc5cn[nH]c54)C3)nc2c1. The second kappa shape index (κ2) is 4.35. The Balaban J connectivity index is 1.51. The van der Waals surface area contributed by atoms with Crippen molar-refractivity contribution < 1.29 is 4.42 Å². The van der Waals surface area contributed by atoms with E-state index in [0.29, 0.717) is 0 Å². The maximum Gasteiger partial charge on any atom is 0.298 e. The van der Waals surface area contributed by atoms with E-state index in [9.17, 15) is 0 Å². The third kappa shape index (κ3) is 1.65. The molecule has 2 aliphatic rings. The fraction of sp³-hybridized carbons (Fsp3) is 0.412. The Morgan fingerprint density at radius 1 is 1.23 bits per heavy atom. The number of piperidine rings is 1. The number of aromatic amines is 1. The third-order valence-corrected chi connectivity index (χ3v) is 5.25. The smallest absolute Gasteiger partial charge is 0.298 e. The first kappa shape index (κ1) is 12.3. The van der Waals surface area contributed by atoms with E-state index in [1.54, 1.807) is 0 Å². The number of hydrogen-bond donors (Lipinski definition) is 1. The summed E-state index contributed by atoms with van der Waals surface area (Å²) in [5.74, 6) is 0. The lowest BCUT2D eigenvalue weighted by atomic mass is 9.78. The number of fused-ring (bicyclic) bond motifs is 3. The Labute approximate surface area is 128 Å². The summed E-state index contributed by atoms with van der Waals surface area (Å²) >= 11 is 0. The lowest BCUT2D eigenvalue weighted by molar-refractivity contribution is 0.322. The van der Waals surface area contributed by atoms with Gasteiger partial charge in [-0.2, -0.15) is 10.1 Å². The molecule has 1 aliphatic carbocycles. The van der Waals surface area contributed by atoms with Crippen LogP contribution in [-0.2, 0) is 11.8 Å². The first-order valence-corrected chi connectivity index (χ1v) is 7.97. The zero-order chi connectivity index (χ0) is 14.6. The highest BCUT2D eigenvalue weighted by Crippen LogP contribution is 2.44. The Morgan fingerprint density at radius 3 is 3.14 bits per heavy atom. The van der Waals surface area contributed by atoms with E-state index in [2.05, 4.69) is 20.1 Å². The molecule has 1 N–H and O–H groups in total. The van der Waals surface area contributed by atoms with Gasteiger partial charge in [-0.1, -0.05) is 12.1 Å². The number of anilines is 1. The quantitative estimate of drug-likeness (QED) is 0.749. The second-order valence-electron chi connectivity index (χ2n) is 6.54. The minimum Gasteiger partial charge on any atom is -0.423 e. The average Bonchev–Trinajstić information content (AvgIpc) is 3.25. The molecule has 1 saturated heterocycles. The van der Waals surface area contributed by atoms with Crippen molar-refractivity contribution in [3.63, 3.8) is 0 Å². The molecule has 22 heavy (non-hydrogen) atoms. The lowest BCUT2D eigenvalue weighted by Gasteiger charge is -2.39. The van der Waals surface area contributed by atoms with E-state index in [0.717, 1.165) is 43.0 Å². The van der Waals surface area contributed by atoms with E-state index in [1.807, 2.05) is 30.5 Å². The van der Waals surface area contributed by atoms with Gasteiger partial charge in [-0.3, -0.25) is 5.10 Å². The van der Waals surface area contributed by atoms with Crippen LogP contribution in [0.4, 0.5) is 6.01 Å². The number of benzene rings is 1. The second-order valence-corrected chi connectivity index (χ2v) is 6.54. The first-order valence-electron chi connectivity index (χ1n) is 7.97. The number of hydrogen-bond acceptors (Lipinski definition) is 4. The molecule has 1 unspecified atom stereocenters. The summed E-state index contributed by atoms with van der Waals surface area (Å²) in [4.78, 5) is 6.97. The van der Waals surface area contributed by atoms with Gasteiger partial charge in [0.25, 0.3) is 6.01 Å². The van der Waals surface area contributed by atoms with Gasteiger partial charge in [-0.15, -0.1) is 0 Å². The van der Waals surface area contributed by atoms with Gasteiger partial charge in [-0.25, -0.2) is 0 Å². The Hall–Kier alpha value is -2.30. The van der Waals surface area contributed by atoms with Crippen LogP contribution in [0.2, 0.25) is 0 Å². The molecular formula is C17H18N4O. The number of oxazole rings is 1. The van der Waals surface area contributed by atoms with E-state index in [-0.39, 0.29) is 5.41 Å². The van der Waals surface area contributed by atoms with Crippen LogP contribution in [0.1, 0.15) is 30.5 Å². The van der Waals surface area contributed by atoms with E-state index >= 15 is 0 Å². The predicted molar refractivity (Wildman–Crippen MR) is 84.0 cm³/mol. The van der Waals surface area contributed by atoms with Gasteiger partial charge in [0.05, 0.1) is 6.20 Å². The summed E-state index contributed by atoms with van der Waals surface area (Å²) in [7, 11) is 0. The monoisotopic (exact) mass is 294 g/mol. The number of nitrogens with zero attached hydrogens (tertiary/aromatic N) is 3. The molecule has 0 saturated carbocycles. The molecule has 112 valence electrons. The van der Waals surface area contributed by atoms with Gasteiger partial charge >= 0.3 is 0 Å². The van der Waals surface area contributed by atoms with Gasteiger partial charge in [0.15, 0.2) is 5.58 Å². The number of H-pyrrole nitrogens is 1. The summed E-state index contributed by atoms with van der Waals surface area (Å²) in [6, 6.07) is 8.73. The van der Waals surface area contributed by atoms with Crippen molar-refractivity contribution in [3.8, 4) is 0 Å². The molecule has 1 aromatic carbocycles. The van der Waals surface area contributed by atoms with Crippen LogP contribution in [0.3, 0.4) is 0 Å². The highest BCUT2D eigenvalue weighted by Gasteiger charge is 2.44. The fourth-order valence-electron chi connectivity index (χ4n) is 4.16. The summed E-state index contributed by atoms with van der Waals surface area (Å²) in [5, 5.41) is 7.49. The summed E-state index contributed by atoms with van der Waals surface area (Å²) in [6.45, 7) is 1.98. The van der Waals surface area contributed by atoms with Crippen molar-refractivity contribution in [1.82, 2.24) is 15.2 Å². The van der Waals surface area contributed by atoms with Crippen LogP contribution in [0.25, 0.3) is 11.1 Å². The molecular weight excluding hydrogens is 276 g/mol. The molecule has 3 heterocycles. The molecule has 5 heteroatoms. The van der Waals surface area contributed by atoms with Gasteiger partial charge in [-0.05, 0) is 43.4 Å². The fourth-order valence-corrected chi connectivity index (χ4v) is 4.16. The Morgan fingerprint density at radius 2 is 2.18 bits per heavy atom. The molecule has 1 fully saturated rings. The largest absolute Gasteiger partial charge is 0.423 e. The number of aryl methyl sites for hydroxylation is 1.